The van der Waals surface area contributed by atoms with Gasteiger partial charge in [-0.3, -0.25) is 4.99 Å². The SMILES string of the molecule is CN=C(NCCS(=O)(=O)c1ccccc1F)N(C)Cc1ccc(N2CCCCC2)cc1.I. The second-order valence-electron chi connectivity index (χ2n) is 7.79. The number of aliphatic imine (C=N–C) groups is 1. The van der Waals surface area contributed by atoms with Crippen molar-refractivity contribution in [3.05, 3.63) is 59.9 Å². The molecule has 6 nitrogen and oxygen atoms in total. The van der Waals surface area contributed by atoms with Crippen LogP contribution in [0.15, 0.2) is 58.4 Å². The molecule has 2 aromatic carbocycles. The van der Waals surface area contributed by atoms with Gasteiger partial charge in [0.2, 0.25) is 0 Å². The molecule has 32 heavy (non-hydrogen) atoms. The summed E-state index contributed by atoms with van der Waals surface area (Å²) in [5.41, 5.74) is 2.40. The molecule has 1 saturated heterocycles. The van der Waals surface area contributed by atoms with Gasteiger partial charge < -0.3 is 15.1 Å². The minimum atomic E-state index is -3.71. The molecule has 0 amide bonds. The summed E-state index contributed by atoms with van der Waals surface area (Å²) in [6.07, 6.45) is 3.81. The van der Waals surface area contributed by atoms with Crippen molar-refractivity contribution in [1.82, 2.24) is 10.2 Å². The maximum atomic E-state index is 13.8. The van der Waals surface area contributed by atoms with E-state index in [0.29, 0.717) is 12.5 Å². The monoisotopic (exact) mass is 574 g/mol. The minimum Gasteiger partial charge on any atom is -0.372 e. The molecular weight excluding hydrogens is 542 g/mol. The van der Waals surface area contributed by atoms with Gasteiger partial charge in [0.15, 0.2) is 15.8 Å². The van der Waals surface area contributed by atoms with E-state index < -0.39 is 15.7 Å². The van der Waals surface area contributed by atoms with Gasteiger partial charge in [-0.05, 0) is 49.1 Å². The predicted molar refractivity (Wildman–Crippen MR) is 139 cm³/mol. The fourth-order valence-electron chi connectivity index (χ4n) is 3.80. The van der Waals surface area contributed by atoms with Gasteiger partial charge in [-0.25, -0.2) is 12.8 Å². The first-order valence-electron chi connectivity index (χ1n) is 10.6. The molecule has 2 aromatic rings. The second-order valence-corrected chi connectivity index (χ2v) is 9.87. The summed E-state index contributed by atoms with van der Waals surface area (Å²) in [7, 11) is -0.152. The lowest BCUT2D eigenvalue weighted by atomic mass is 10.1. The fraction of sp³-hybridized carbons (Fsp3) is 0.435. The molecule has 0 radical (unpaired) electrons. The van der Waals surface area contributed by atoms with Crippen molar-refractivity contribution >= 4 is 45.5 Å². The second kappa shape index (κ2) is 12.4. The van der Waals surface area contributed by atoms with Gasteiger partial charge in [-0.1, -0.05) is 24.3 Å². The molecule has 9 heteroatoms. The van der Waals surface area contributed by atoms with Crippen LogP contribution in [0.5, 0.6) is 0 Å². The summed E-state index contributed by atoms with van der Waals surface area (Å²) in [5.74, 6) is -0.355. The van der Waals surface area contributed by atoms with Gasteiger partial charge in [-0.2, -0.15) is 0 Å². The highest BCUT2D eigenvalue weighted by atomic mass is 127. The van der Waals surface area contributed by atoms with Crippen LogP contribution in [-0.2, 0) is 16.4 Å². The van der Waals surface area contributed by atoms with Crippen molar-refractivity contribution in [3.63, 3.8) is 0 Å². The Morgan fingerprint density at radius 1 is 1.09 bits per heavy atom. The van der Waals surface area contributed by atoms with E-state index >= 15 is 0 Å². The van der Waals surface area contributed by atoms with Gasteiger partial charge in [-0.15, -0.1) is 24.0 Å². The summed E-state index contributed by atoms with van der Waals surface area (Å²) in [4.78, 5) is 8.33. The molecule has 1 N–H and O–H groups in total. The lowest BCUT2D eigenvalue weighted by Gasteiger charge is -2.29. The zero-order valence-electron chi connectivity index (χ0n) is 18.6. The van der Waals surface area contributed by atoms with Crippen LogP contribution in [0.3, 0.4) is 0 Å². The first-order chi connectivity index (χ1) is 14.9. The van der Waals surface area contributed by atoms with Gasteiger partial charge in [0.1, 0.15) is 10.7 Å². The Bertz CT molecular complexity index is 993. The average Bonchev–Trinajstić information content (AvgIpc) is 2.78. The maximum Gasteiger partial charge on any atom is 0.193 e. The first kappa shape index (κ1) is 26.4. The Morgan fingerprint density at radius 2 is 1.75 bits per heavy atom. The third-order valence-electron chi connectivity index (χ3n) is 5.48. The number of rotatable bonds is 7. The van der Waals surface area contributed by atoms with Crippen molar-refractivity contribution in [2.45, 2.75) is 30.7 Å². The molecule has 1 aliphatic rings. The van der Waals surface area contributed by atoms with Crippen LogP contribution in [0.2, 0.25) is 0 Å². The van der Waals surface area contributed by atoms with Crippen molar-refractivity contribution in [3.8, 4) is 0 Å². The Balaban J connectivity index is 0.00000363. The molecule has 0 bridgehead atoms. The van der Waals surface area contributed by atoms with Crippen molar-refractivity contribution in [1.29, 1.82) is 0 Å². The van der Waals surface area contributed by atoms with Crippen LogP contribution in [0.25, 0.3) is 0 Å². The molecule has 0 saturated carbocycles. The quantitative estimate of drug-likeness (QED) is 0.309. The van der Waals surface area contributed by atoms with E-state index in [2.05, 4.69) is 39.5 Å². The zero-order valence-corrected chi connectivity index (χ0v) is 21.8. The molecular formula is C23H32FIN4O2S. The Morgan fingerprint density at radius 3 is 2.38 bits per heavy atom. The summed E-state index contributed by atoms with van der Waals surface area (Å²) < 4.78 is 38.6. The van der Waals surface area contributed by atoms with Gasteiger partial charge >= 0.3 is 0 Å². The molecule has 0 spiro atoms. The Hall–Kier alpha value is -1.88. The molecule has 3 rings (SSSR count). The maximum absolute atomic E-state index is 13.8. The van der Waals surface area contributed by atoms with Crippen LogP contribution in [0, 0.1) is 5.82 Å². The predicted octanol–water partition coefficient (Wildman–Crippen LogP) is 3.92. The van der Waals surface area contributed by atoms with Crippen molar-refractivity contribution in [2.75, 3.05) is 44.4 Å². The number of nitrogens with one attached hydrogen (secondary N) is 1. The highest BCUT2D eigenvalue weighted by Gasteiger charge is 2.19. The van der Waals surface area contributed by atoms with E-state index in [1.54, 1.807) is 7.05 Å². The fourth-order valence-corrected chi connectivity index (χ4v) is 5.04. The van der Waals surface area contributed by atoms with Crippen LogP contribution in [0.1, 0.15) is 24.8 Å². The number of nitrogens with zero attached hydrogens (tertiary/aromatic N) is 3. The number of benzene rings is 2. The molecule has 0 aromatic heterocycles. The highest BCUT2D eigenvalue weighted by Crippen LogP contribution is 2.20. The van der Waals surface area contributed by atoms with Gasteiger partial charge in [0, 0.05) is 46.0 Å². The highest BCUT2D eigenvalue weighted by molar-refractivity contribution is 14.0. The normalized spacial score (nSPS) is 14.6. The summed E-state index contributed by atoms with van der Waals surface area (Å²) in [6.45, 7) is 3.01. The van der Waals surface area contributed by atoms with Crippen LogP contribution < -0.4 is 10.2 Å². The number of hydrogen-bond donors (Lipinski definition) is 1. The summed E-state index contributed by atoms with van der Waals surface area (Å²) in [6, 6.07) is 14.0. The summed E-state index contributed by atoms with van der Waals surface area (Å²) >= 11 is 0. The largest absolute Gasteiger partial charge is 0.372 e. The van der Waals surface area contributed by atoms with Crippen LogP contribution in [-0.4, -0.2) is 58.8 Å². The third kappa shape index (κ3) is 7.06. The van der Waals surface area contributed by atoms with E-state index in [9.17, 15) is 12.8 Å². The van der Waals surface area contributed by atoms with Crippen molar-refractivity contribution < 1.29 is 12.8 Å². The number of halogens is 2. The molecule has 1 fully saturated rings. The molecule has 1 aliphatic heterocycles. The summed E-state index contributed by atoms with van der Waals surface area (Å²) in [5, 5.41) is 3.06. The van der Waals surface area contributed by atoms with E-state index in [1.807, 2.05) is 11.9 Å². The number of guanidine groups is 1. The van der Waals surface area contributed by atoms with Crippen molar-refractivity contribution in [2.24, 2.45) is 4.99 Å². The zero-order chi connectivity index (χ0) is 22.3. The Labute approximate surface area is 207 Å². The number of piperidine rings is 1. The van der Waals surface area contributed by atoms with Gasteiger partial charge in [0.05, 0.1) is 5.75 Å². The van der Waals surface area contributed by atoms with Crippen LogP contribution in [0.4, 0.5) is 10.1 Å². The molecule has 1 heterocycles. The number of anilines is 1. The van der Waals surface area contributed by atoms with Crippen LogP contribution >= 0.6 is 24.0 Å². The third-order valence-corrected chi connectivity index (χ3v) is 7.22. The lowest BCUT2D eigenvalue weighted by Crippen LogP contribution is -2.40. The minimum absolute atomic E-state index is 0. The topological polar surface area (TPSA) is 65.0 Å². The molecule has 0 atom stereocenters. The average molecular weight is 575 g/mol. The van der Waals surface area contributed by atoms with E-state index in [0.717, 1.165) is 24.7 Å². The lowest BCUT2D eigenvalue weighted by molar-refractivity contribution is 0.478. The first-order valence-corrected chi connectivity index (χ1v) is 12.3. The number of sulfone groups is 1. The standard InChI is InChI=1S/C23H31FN4O2S.HI/c1-25-23(26-14-17-31(29,30)22-9-5-4-8-21(22)24)27(2)18-19-10-12-20(13-11-19)28-15-6-3-7-16-28;/h4-5,8-13H,3,6-7,14-18H2,1-2H3,(H,25,26);1H. The molecule has 176 valence electrons. The Kier molecular flexibility index (Phi) is 10.2. The smallest absolute Gasteiger partial charge is 0.193 e. The molecule has 0 unspecified atom stereocenters. The molecule has 0 aliphatic carbocycles. The van der Waals surface area contributed by atoms with Gasteiger partial charge in [0.25, 0.3) is 0 Å². The van der Waals surface area contributed by atoms with E-state index in [1.165, 1.54) is 43.1 Å². The van der Waals surface area contributed by atoms with E-state index in [-0.39, 0.29) is 41.2 Å². The van der Waals surface area contributed by atoms with E-state index in [4.69, 9.17) is 0 Å². The number of hydrogen-bond acceptors (Lipinski definition) is 4.